The molecule has 0 aromatic heterocycles. The van der Waals surface area contributed by atoms with Gasteiger partial charge in [0.2, 0.25) is 5.91 Å². The highest BCUT2D eigenvalue weighted by Crippen LogP contribution is 2.13. The molecule has 0 saturated carbocycles. The van der Waals surface area contributed by atoms with Crippen LogP contribution in [-0.4, -0.2) is 35.1 Å². The van der Waals surface area contributed by atoms with Crippen molar-refractivity contribution in [2.45, 2.75) is 25.5 Å². The summed E-state index contributed by atoms with van der Waals surface area (Å²) >= 11 is 0. The molecule has 0 fully saturated rings. The molecular formula is C13H20N2O2. The van der Waals surface area contributed by atoms with Crippen LogP contribution in [0.3, 0.4) is 0 Å². The Labute approximate surface area is 102 Å². The SMILES string of the molecule is CN(CC(C)(C)O)C(=O)C(N)c1ccccc1. The quantitative estimate of drug-likeness (QED) is 0.816. The molecule has 1 aromatic carbocycles. The van der Waals surface area contributed by atoms with Crippen molar-refractivity contribution in [3.05, 3.63) is 35.9 Å². The van der Waals surface area contributed by atoms with Crippen LogP contribution in [0, 0.1) is 0 Å². The second-order valence-corrected chi connectivity index (χ2v) is 4.90. The zero-order valence-corrected chi connectivity index (χ0v) is 10.6. The van der Waals surface area contributed by atoms with E-state index in [9.17, 15) is 9.90 Å². The van der Waals surface area contributed by atoms with Crippen molar-refractivity contribution in [2.75, 3.05) is 13.6 Å². The zero-order valence-electron chi connectivity index (χ0n) is 10.6. The van der Waals surface area contributed by atoms with Gasteiger partial charge in [0, 0.05) is 13.6 Å². The molecule has 1 amide bonds. The van der Waals surface area contributed by atoms with E-state index in [4.69, 9.17) is 5.73 Å². The Morgan fingerprint density at radius 3 is 2.41 bits per heavy atom. The van der Waals surface area contributed by atoms with Gasteiger partial charge in [-0.25, -0.2) is 0 Å². The molecule has 0 aliphatic carbocycles. The average molecular weight is 236 g/mol. The number of hydrogen-bond donors (Lipinski definition) is 2. The summed E-state index contributed by atoms with van der Waals surface area (Å²) in [6.45, 7) is 3.57. The summed E-state index contributed by atoms with van der Waals surface area (Å²) in [6.07, 6.45) is 0. The fraction of sp³-hybridized carbons (Fsp3) is 0.462. The Bertz CT molecular complexity index is 371. The van der Waals surface area contributed by atoms with Gasteiger partial charge in [-0.1, -0.05) is 30.3 Å². The summed E-state index contributed by atoms with van der Waals surface area (Å²) in [5.41, 5.74) is 5.75. The van der Waals surface area contributed by atoms with Crippen LogP contribution in [0.2, 0.25) is 0 Å². The Kier molecular flexibility index (Phi) is 4.26. The van der Waals surface area contributed by atoms with Crippen LogP contribution in [0.15, 0.2) is 30.3 Å². The predicted octanol–water partition coefficient (Wildman–Crippen LogP) is 0.916. The van der Waals surface area contributed by atoms with E-state index in [-0.39, 0.29) is 12.5 Å². The van der Waals surface area contributed by atoms with E-state index in [1.54, 1.807) is 20.9 Å². The first kappa shape index (κ1) is 13.7. The van der Waals surface area contributed by atoms with Crippen molar-refractivity contribution in [3.8, 4) is 0 Å². The lowest BCUT2D eigenvalue weighted by Gasteiger charge is -2.27. The molecule has 17 heavy (non-hydrogen) atoms. The second kappa shape index (κ2) is 5.29. The van der Waals surface area contributed by atoms with Gasteiger partial charge >= 0.3 is 0 Å². The first-order valence-electron chi connectivity index (χ1n) is 5.59. The summed E-state index contributed by atoms with van der Waals surface area (Å²) in [5, 5.41) is 9.65. The molecule has 0 bridgehead atoms. The number of benzene rings is 1. The van der Waals surface area contributed by atoms with Crippen molar-refractivity contribution in [1.82, 2.24) is 4.90 Å². The smallest absolute Gasteiger partial charge is 0.243 e. The normalized spacial score (nSPS) is 13.2. The number of carbonyl (C=O) groups excluding carboxylic acids is 1. The highest BCUT2D eigenvalue weighted by Gasteiger charge is 2.24. The molecule has 0 aliphatic rings. The Balaban J connectivity index is 2.71. The van der Waals surface area contributed by atoms with E-state index in [1.807, 2.05) is 30.3 Å². The molecule has 0 aliphatic heterocycles. The van der Waals surface area contributed by atoms with Gasteiger partial charge in [-0.2, -0.15) is 0 Å². The molecule has 0 saturated heterocycles. The molecule has 1 aromatic rings. The van der Waals surface area contributed by atoms with Gasteiger partial charge in [0.1, 0.15) is 6.04 Å². The van der Waals surface area contributed by atoms with E-state index in [2.05, 4.69) is 0 Å². The number of aliphatic hydroxyl groups is 1. The highest BCUT2D eigenvalue weighted by molar-refractivity contribution is 5.82. The maximum absolute atomic E-state index is 12.0. The minimum absolute atomic E-state index is 0.196. The fourth-order valence-corrected chi connectivity index (χ4v) is 1.70. The van der Waals surface area contributed by atoms with Gasteiger partial charge in [-0.05, 0) is 19.4 Å². The first-order valence-corrected chi connectivity index (χ1v) is 5.59. The molecule has 1 atom stereocenters. The maximum atomic E-state index is 12.0. The van der Waals surface area contributed by atoms with Gasteiger partial charge in [-0.15, -0.1) is 0 Å². The largest absolute Gasteiger partial charge is 0.389 e. The van der Waals surface area contributed by atoms with E-state index in [1.165, 1.54) is 4.90 Å². The standard InChI is InChI=1S/C13H20N2O2/c1-13(2,17)9-15(3)12(16)11(14)10-7-5-4-6-8-10/h4-8,11,17H,9,14H2,1-3H3. The number of carbonyl (C=O) groups is 1. The Morgan fingerprint density at radius 1 is 1.41 bits per heavy atom. The van der Waals surface area contributed by atoms with Crippen molar-refractivity contribution in [1.29, 1.82) is 0 Å². The Morgan fingerprint density at radius 2 is 1.94 bits per heavy atom. The van der Waals surface area contributed by atoms with Crippen LogP contribution >= 0.6 is 0 Å². The molecular weight excluding hydrogens is 216 g/mol. The lowest BCUT2D eigenvalue weighted by atomic mass is 10.1. The molecule has 1 rings (SSSR count). The third kappa shape index (κ3) is 4.17. The summed E-state index contributed by atoms with van der Waals surface area (Å²) in [6, 6.07) is 8.53. The highest BCUT2D eigenvalue weighted by atomic mass is 16.3. The third-order valence-corrected chi connectivity index (χ3v) is 2.43. The summed E-state index contributed by atoms with van der Waals surface area (Å²) in [4.78, 5) is 13.5. The molecule has 0 radical (unpaired) electrons. The van der Waals surface area contributed by atoms with E-state index >= 15 is 0 Å². The number of likely N-dealkylation sites (N-methyl/N-ethyl adjacent to an activating group) is 1. The topological polar surface area (TPSA) is 66.6 Å². The molecule has 0 heterocycles. The molecule has 4 nitrogen and oxygen atoms in total. The summed E-state index contributed by atoms with van der Waals surface area (Å²) < 4.78 is 0. The van der Waals surface area contributed by atoms with Crippen molar-refractivity contribution in [3.63, 3.8) is 0 Å². The van der Waals surface area contributed by atoms with Gasteiger partial charge < -0.3 is 15.7 Å². The van der Waals surface area contributed by atoms with Crippen LogP contribution in [0.1, 0.15) is 25.5 Å². The number of rotatable bonds is 4. The fourth-order valence-electron chi connectivity index (χ4n) is 1.70. The average Bonchev–Trinajstić information content (AvgIpc) is 2.26. The van der Waals surface area contributed by atoms with Crippen LogP contribution in [0.4, 0.5) is 0 Å². The molecule has 4 heteroatoms. The minimum atomic E-state index is -0.916. The van der Waals surface area contributed by atoms with Crippen LogP contribution in [0.5, 0.6) is 0 Å². The zero-order chi connectivity index (χ0) is 13.1. The maximum Gasteiger partial charge on any atom is 0.243 e. The predicted molar refractivity (Wildman–Crippen MR) is 67.3 cm³/mol. The lowest BCUT2D eigenvalue weighted by Crippen LogP contribution is -2.43. The van der Waals surface area contributed by atoms with E-state index < -0.39 is 11.6 Å². The first-order chi connectivity index (χ1) is 7.81. The van der Waals surface area contributed by atoms with Crippen molar-refractivity contribution in [2.24, 2.45) is 5.73 Å². The number of hydrogen-bond acceptors (Lipinski definition) is 3. The third-order valence-electron chi connectivity index (χ3n) is 2.43. The lowest BCUT2D eigenvalue weighted by molar-refractivity contribution is -0.134. The number of nitrogens with two attached hydrogens (primary N) is 1. The molecule has 3 N–H and O–H groups in total. The molecule has 94 valence electrons. The monoisotopic (exact) mass is 236 g/mol. The molecule has 1 unspecified atom stereocenters. The van der Waals surface area contributed by atoms with E-state index in [0.717, 1.165) is 5.56 Å². The van der Waals surface area contributed by atoms with Crippen LogP contribution in [-0.2, 0) is 4.79 Å². The van der Waals surface area contributed by atoms with Crippen LogP contribution in [0.25, 0.3) is 0 Å². The van der Waals surface area contributed by atoms with Gasteiger partial charge in [0.25, 0.3) is 0 Å². The summed E-state index contributed by atoms with van der Waals surface area (Å²) in [5.74, 6) is -0.196. The van der Waals surface area contributed by atoms with Gasteiger partial charge in [-0.3, -0.25) is 4.79 Å². The van der Waals surface area contributed by atoms with Crippen LogP contribution < -0.4 is 5.73 Å². The molecule has 0 spiro atoms. The van der Waals surface area contributed by atoms with Crippen molar-refractivity contribution < 1.29 is 9.90 Å². The summed E-state index contributed by atoms with van der Waals surface area (Å²) in [7, 11) is 1.64. The van der Waals surface area contributed by atoms with Crippen molar-refractivity contribution >= 4 is 5.91 Å². The number of amides is 1. The number of nitrogens with zero attached hydrogens (tertiary/aromatic N) is 1. The van der Waals surface area contributed by atoms with Gasteiger partial charge in [0.05, 0.1) is 5.60 Å². The second-order valence-electron chi connectivity index (χ2n) is 4.90. The Hall–Kier alpha value is -1.39. The van der Waals surface area contributed by atoms with E-state index in [0.29, 0.717) is 0 Å². The minimum Gasteiger partial charge on any atom is -0.389 e. The van der Waals surface area contributed by atoms with Gasteiger partial charge in [0.15, 0.2) is 0 Å².